The Morgan fingerprint density at radius 1 is 1.44 bits per heavy atom. The van der Waals surface area contributed by atoms with Crippen molar-refractivity contribution in [2.75, 3.05) is 6.26 Å². The van der Waals surface area contributed by atoms with Crippen LogP contribution in [0, 0.1) is 0 Å². The number of sulfone groups is 1. The topological polar surface area (TPSA) is 78.0 Å². The molecule has 0 saturated carbocycles. The summed E-state index contributed by atoms with van der Waals surface area (Å²) in [6.45, 7) is 1.99. The highest BCUT2D eigenvalue weighted by molar-refractivity contribution is 7.90. The molecule has 0 bridgehead atoms. The molecule has 18 heavy (non-hydrogen) atoms. The van der Waals surface area contributed by atoms with Gasteiger partial charge in [0.05, 0.1) is 22.0 Å². The van der Waals surface area contributed by atoms with Crippen molar-refractivity contribution in [1.82, 2.24) is 9.55 Å². The number of hydrogen-bond acceptors (Lipinski definition) is 4. The molecule has 1 aromatic heterocycles. The molecule has 0 fully saturated rings. The van der Waals surface area contributed by atoms with Gasteiger partial charge in [-0.2, -0.15) is 0 Å². The van der Waals surface area contributed by atoms with E-state index in [1.54, 1.807) is 18.2 Å². The first-order valence-corrected chi connectivity index (χ1v) is 7.65. The first-order chi connectivity index (χ1) is 8.34. The van der Waals surface area contributed by atoms with Crippen LogP contribution in [0.1, 0.15) is 25.2 Å². The standard InChI is InChI=1S/C12H17N3O2S/c1-4-9(13)12-14-10-7-8(18(3,16)17)5-6-11(10)15(12)2/h5-7,9H,4,13H2,1-3H3. The van der Waals surface area contributed by atoms with Crippen LogP contribution >= 0.6 is 0 Å². The Hall–Kier alpha value is -1.40. The van der Waals surface area contributed by atoms with E-state index in [-0.39, 0.29) is 10.9 Å². The number of aryl methyl sites for hydroxylation is 1. The summed E-state index contributed by atoms with van der Waals surface area (Å²) in [6, 6.07) is 4.82. The van der Waals surface area contributed by atoms with E-state index in [1.807, 2.05) is 18.5 Å². The van der Waals surface area contributed by atoms with Crippen LogP contribution in [0.15, 0.2) is 23.1 Å². The molecule has 1 aromatic carbocycles. The van der Waals surface area contributed by atoms with Crippen LogP contribution in [0.2, 0.25) is 0 Å². The molecule has 2 N–H and O–H groups in total. The number of fused-ring (bicyclic) bond motifs is 1. The van der Waals surface area contributed by atoms with Crippen LogP contribution in [0.5, 0.6) is 0 Å². The van der Waals surface area contributed by atoms with E-state index < -0.39 is 9.84 Å². The minimum atomic E-state index is -3.20. The first-order valence-electron chi connectivity index (χ1n) is 5.76. The monoisotopic (exact) mass is 267 g/mol. The van der Waals surface area contributed by atoms with E-state index in [1.165, 1.54) is 6.26 Å². The lowest BCUT2D eigenvalue weighted by molar-refractivity contribution is 0.602. The number of nitrogens with two attached hydrogens (primary N) is 1. The summed E-state index contributed by atoms with van der Waals surface area (Å²) < 4.78 is 24.9. The molecule has 1 unspecified atom stereocenters. The van der Waals surface area contributed by atoms with Crippen LogP contribution in [0.25, 0.3) is 11.0 Å². The predicted molar refractivity (Wildman–Crippen MR) is 71.0 cm³/mol. The fraction of sp³-hybridized carbons (Fsp3) is 0.417. The van der Waals surface area contributed by atoms with Gasteiger partial charge in [0.25, 0.3) is 0 Å². The third-order valence-electron chi connectivity index (χ3n) is 3.09. The molecule has 6 heteroatoms. The smallest absolute Gasteiger partial charge is 0.175 e. The number of aromatic nitrogens is 2. The van der Waals surface area contributed by atoms with Gasteiger partial charge >= 0.3 is 0 Å². The molecule has 98 valence electrons. The predicted octanol–water partition coefficient (Wildman–Crippen LogP) is 1.39. The van der Waals surface area contributed by atoms with Gasteiger partial charge in [0.2, 0.25) is 0 Å². The summed E-state index contributed by atoms with van der Waals surface area (Å²) in [7, 11) is -1.32. The number of benzene rings is 1. The highest BCUT2D eigenvalue weighted by Gasteiger charge is 2.15. The Labute approximate surface area is 107 Å². The van der Waals surface area contributed by atoms with E-state index >= 15 is 0 Å². The zero-order valence-corrected chi connectivity index (χ0v) is 11.5. The van der Waals surface area contributed by atoms with Crippen molar-refractivity contribution in [3.8, 4) is 0 Å². The van der Waals surface area contributed by atoms with Gasteiger partial charge in [0, 0.05) is 13.3 Å². The van der Waals surface area contributed by atoms with Crippen LogP contribution in [-0.4, -0.2) is 24.2 Å². The average molecular weight is 267 g/mol. The highest BCUT2D eigenvalue weighted by atomic mass is 32.2. The van der Waals surface area contributed by atoms with Crippen molar-refractivity contribution in [2.45, 2.75) is 24.3 Å². The minimum Gasteiger partial charge on any atom is -0.330 e. The molecule has 0 aliphatic carbocycles. The molecule has 0 aliphatic heterocycles. The summed E-state index contributed by atoms with van der Waals surface area (Å²) >= 11 is 0. The molecule has 5 nitrogen and oxygen atoms in total. The fourth-order valence-corrected chi connectivity index (χ4v) is 2.58. The highest BCUT2D eigenvalue weighted by Crippen LogP contribution is 2.22. The third-order valence-corrected chi connectivity index (χ3v) is 4.20. The van der Waals surface area contributed by atoms with E-state index in [9.17, 15) is 8.42 Å². The van der Waals surface area contributed by atoms with Gasteiger partial charge in [0.15, 0.2) is 9.84 Å². The van der Waals surface area contributed by atoms with Crippen molar-refractivity contribution in [2.24, 2.45) is 12.8 Å². The minimum absolute atomic E-state index is 0.135. The van der Waals surface area contributed by atoms with Gasteiger partial charge in [-0.05, 0) is 24.6 Å². The maximum absolute atomic E-state index is 11.5. The fourth-order valence-electron chi connectivity index (χ4n) is 1.94. The molecule has 2 aromatic rings. The molecule has 1 atom stereocenters. The first kappa shape index (κ1) is 13.0. The molecule has 0 aliphatic rings. The maximum atomic E-state index is 11.5. The second-order valence-corrected chi connectivity index (χ2v) is 6.48. The van der Waals surface area contributed by atoms with E-state index in [4.69, 9.17) is 5.73 Å². The summed E-state index contributed by atoms with van der Waals surface area (Å²) in [5.41, 5.74) is 7.54. The Morgan fingerprint density at radius 3 is 2.67 bits per heavy atom. The van der Waals surface area contributed by atoms with Crippen molar-refractivity contribution in [3.63, 3.8) is 0 Å². The lowest BCUT2D eigenvalue weighted by Crippen LogP contribution is -2.13. The van der Waals surface area contributed by atoms with Gasteiger partial charge < -0.3 is 10.3 Å². The van der Waals surface area contributed by atoms with Gasteiger partial charge in [0.1, 0.15) is 5.82 Å². The molecular formula is C12H17N3O2S. The van der Waals surface area contributed by atoms with Gasteiger partial charge in [-0.25, -0.2) is 13.4 Å². The zero-order valence-electron chi connectivity index (χ0n) is 10.7. The van der Waals surface area contributed by atoms with Crippen LogP contribution in [0.4, 0.5) is 0 Å². The summed E-state index contributed by atoms with van der Waals surface area (Å²) in [5, 5.41) is 0. The summed E-state index contributed by atoms with van der Waals surface area (Å²) in [6.07, 6.45) is 1.98. The lowest BCUT2D eigenvalue weighted by atomic mass is 10.2. The molecule has 0 amide bonds. The van der Waals surface area contributed by atoms with E-state index in [2.05, 4.69) is 4.98 Å². The molecule has 0 radical (unpaired) electrons. The van der Waals surface area contributed by atoms with Crippen molar-refractivity contribution in [1.29, 1.82) is 0 Å². The summed E-state index contributed by atoms with van der Waals surface area (Å²) in [5.74, 6) is 0.776. The number of hydrogen-bond donors (Lipinski definition) is 1. The molecule has 1 heterocycles. The quantitative estimate of drug-likeness (QED) is 0.911. The Balaban J connectivity index is 2.66. The lowest BCUT2D eigenvalue weighted by Gasteiger charge is -2.08. The Morgan fingerprint density at radius 2 is 2.11 bits per heavy atom. The van der Waals surface area contributed by atoms with Crippen LogP contribution in [0.3, 0.4) is 0 Å². The van der Waals surface area contributed by atoms with Crippen molar-refractivity contribution in [3.05, 3.63) is 24.0 Å². The third kappa shape index (κ3) is 2.13. The maximum Gasteiger partial charge on any atom is 0.175 e. The number of nitrogens with zero attached hydrogens (tertiary/aromatic N) is 2. The SMILES string of the molecule is CCC(N)c1nc2cc(S(C)(=O)=O)ccc2n1C. The summed E-state index contributed by atoms with van der Waals surface area (Å²) in [4.78, 5) is 4.71. The van der Waals surface area contributed by atoms with E-state index in [0.29, 0.717) is 5.52 Å². The van der Waals surface area contributed by atoms with Crippen LogP contribution in [-0.2, 0) is 16.9 Å². The largest absolute Gasteiger partial charge is 0.330 e. The Kier molecular flexibility index (Phi) is 3.16. The molecule has 0 saturated heterocycles. The van der Waals surface area contributed by atoms with Crippen molar-refractivity contribution >= 4 is 20.9 Å². The van der Waals surface area contributed by atoms with Crippen LogP contribution < -0.4 is 5.73 Å². The van der Waals surface area contributed by atoms with Crippen molar-refractivity contribution < 1.29 is 8.42 Å². The van der Waals surface area contributed by atoms with Gasteiger partial charge in [-0.3, -0.25) is 0 Å². The van der Waals surface area contributed by atoms with Gasteiger partial charge in [-0.1, -0.05) is 6.92 Å². The average Bonchev–Trinajstić information content (AvgIpc) is 2.64. The zero-order chi connectivity index (χ0) is 13.5. The number of imidazole rings is 1. The molecule has 2 rings (SSSR count). The van der Waals surface area contributed by atoms with Gasteiger partial charge in [-0.15, -0.1) is 0 Å². The normalized spacial score (nSPS) is 14.0. The van der Waals surface area contributed by atoms with E-state index in [0.717, 1.165) is 17.8 Å². The second-order valence-electron chi connectivity index (χ2n) is 4.47. The second kappa shape index (κ2) is 4.37. The molecule has 0 spiro atoms. The molecular weight excluding hydrogens is 250 g/mol. The Bertz CT molecular complexity index is 689. The number of rotatable bonds is 3.